The van der Waals surface area contributed by atoms with E-state index in [1.165, 1.54) is 45.1 Å². The smallest absolute Gasteiger partial charge is 0.0214 e. The molecule has 1 saturated carbocycles. The molecule has 1 heteroatoms. The molecule has 1 aliphatic carbocycles. The number of fused-ring (bicyclic) bond motifs is 1. The van der Waals surface area contributed by atoms with Gasteiger partial charge in [-0.05, 0) is 38.1 Å². The van der Waals surface area contributed by atoms with Crippen molar-refractivity contribution in [2.45, 2.75) is 51.0 Å². The molecule has 2 fully saturated rings. The van der Waals surface area contributed by atoms with E-state index in [4.69, 9.17) is 6.42 Å². The van der Waals surface area contributed by atoms with Crippen LogP contribution in [-0.2, 0) is 0 Å². The van der Waals surface area contributed by atoms with Crippen LogP contribution in [0.3, 0.4) is 0 Å². The lowest BCUT2D eigenvalue weighted by Crippen LogP contribution is -2.46. The second-order valence-corrected chi connectivity index (χ2v) is 4.74. The highest BCUT2D eigenvalue weighted by atomic mass is 15.2. The van der Waals surface area contributed by atoms with Gasteiger partial charge in [0.2, 0.25) is 0 Å². The minimum atomic E-state index is 0.880. The quantitative estimate of drug-likeness (QED) is 0.607. The molecule has 2 aliphatic rings. The summed E-state index contributed by atoms with van der Waals surface area (Å²) in [6, 6.07) is 0.880. The maximum atomic E-state index is 5.34. The monoisotopic (exact) mass is 191 g/mol. The summed E-state index contributed by atoms with van der Waals surface area (Å²) in [5, 5.41) is 0. The van der Waals surface area contributed by atoms with Gasteiger partial charge in [0.15, 0.2) is 0 Å². The van der Waals surface area contributed by atoms with E-state index in [0.717, 1.165) is 24.9 Å². The molecule has 2 atom stereocenters. The Morgan fingerprint density at radius 2 is 1.93 bits per heavy atom. The van der Waals surface area contributed by atoms with Gasteiger partial charge in [0, 0.05) is 19.0 Å². The lowest BCUT2D eigenvalue weighted by Gasteiger charge is -2.44. The molecule has 2 rings (SSSR count). The molecule has 14 heavy (non-hydrogen) atoms. The van der Waals surface area contributed by atoms with Gasteiger partial charge in [0.1, 0.15) is 0 Å². The molecule has 1 nitrogen and oxygen atoms in total. The van der Waals surface area contributed by atoms with Crippen LogP contribution < -0.4 is 0 Å². The van der Waals surface area contributed by atoms with E-state index in [1.54, 1.807) is 0 Å². The first-order chi connectivity index (χ1) is 6.92. The Morgan fingerprint density at radius 1 is 1.14 bits per heavy atom. The third kappa shape index (κ3) is 2.12. The highest BCUT2D eigenvalue weighted by Crippen LogP contribution is 2.35. The van der Waals surface area contributed by atoms with Gasteiger partial charge in [-0.2, -0.15) is 0 Å². The third-order valence-electron chi connectivity index (χ3n) is 3.90. The molecule has 1 heterocycles. The summed E-state index contributed by atoms with van der Waals surface area (Å²) in [7, 11) is 0. The maximum Gasteiger partial charge on any atom is 0.0214 e. The highest BCUT2D eigenvalue weighted by Gasteiger charge is 2.32. The fourth-order valence-electron chi connectivity index (χ4n) is 3.21. The minimum absolute atomic E-state index is 0.880. The van der Waals surface area contributed by atoms with E-state index in [0.29, 0.717) is 0 Å². The number of terminal acetylenes is 1. The lowest BCUT2D eigenvalue weighted by atomic mass is 9.78. The molecule has 78 valence electrons. The van der Waals surface area contributed by atoms with Crippen LogP contribution in [0.25, 0.3) is 0 Å². The predicted octanol–water partition coefficient (Wildman–Crippen LogP) is 2.66. The summed E-state index contributed by atoms with van der Waals surface area (Å²) in [6.07, 6.45) is 14.9. The second-order valence-electron chi connectivity index (χ2n) is 4.74. The molecule has 1 saturated heterocycles. The van der Waals surface area contributed by atoms with Gasteiger partial charge in [-0.15, -0.1) is 12.3 Å². The Labute approximate surface area is 87.9 Å². The largest absolute Gasteiger partial charge is 0.299 e. The number of piperidine rings is 1. The van der Waals surface area contributed by atoms with Crippen LogP contribution in [0.1, 0.15) is 44.9 Å². The van der Waals surface area contributed by atoms with Crippen molar-refractivity contribution >= 4 is 0 Å². The van der Waals surface area contributed by atoms with Crippen molar-refractivity contribution in [2.24, 2.45) is 5.92 Å². The standard InChI is InChI=1S/C13H21N/c1-2-3-10-14-11-6-8-12-7-4-5-9-13(12)14/h1,12-13H,3-11H2/t12-,13-/m1/s1. The molecule has 0 unspecified atom stereocenters. The fraction of sp³-hybridized carbons (Fsp3) is 0.846. The first-order valence-electron chi connectivity index (χ1n) is 6.09. The van der Waals surface area contributed by atoms with Crippen LogP contribution in [0.15, 0.2) is 0 Å². The van der Waals surface area contributed by atoms with Gasteiger partial charge in [-0.3, -0.25) is 4.90 Å². The molecule has 0 amide bonds. The molecular formula is C13H21N. The van der Waals surface area contributed by atoms with Crippen molar-refractivity contribution in [1.82, 2.24) is 4.90 Å². The summed E-state index contributed by atoms with van der Waals surface area (Å²) >= 11 is 0. The molecule has 0 N–H and O–H groups in total. The maximum absolute atomic E-state index is 5.34. The third-order valence-corrected chi connectivity index (χ3v) is 3.90. The van der Waals surface area contributed by atoms with Crippen molar-refractivity contribution in [3.63, 3.8) is 0 Å². The van der Waals surface area contributed by atoms with E-state index < -0.39 is 0 Å². The summed E-state index contributed by atoms with van der Waals surface area (Å²) in [4.78, 5) is 2.66. The van der Waals surface area contributed by atoms with Gasteiger partial charge in [-0.25, -0.2) is 0 Å². The second kappa shape index (κ2) is 4.84. The van der Waals surface area contributed by atoms with Crippen molar-refractivity contribution in [3.8, 4) is 12.3 Å². The van der Waals surface area contributed by atoms with Crippen molar-refractivity contribution in [1.29, 1.82) is 0 Å². The Bertz CT molecular complexity index is 214. The predicted molar refractivity (Wildman–Crippen MR) is 60.0 cm³/mol. The van der Waals surface area contributed by atoms with E-state index in [1.807, 2.05) is 0 Å². The van der Waals surface area contributed by atoms with Crippen LogP contribution in [0.4, 0.5) is 0 Å². The van der Waals surface area contributed by atoms with E-state index in [9.17, 15) is 0 Å². The number of hydrogen-bond donors (Lipinski definition) is 0. The number of likely N-dealkylation sites (tertiary alicyclic amines) is 1. The molecular weight excluding hydrogens is 170 g/mol. The van der Waals surface area contributed by atoms with Crippen LogP contribution in [0.5, 0.6) is 0 Å². The fourth-order valence-corrected chi connectivity index (χ4v) is 3.21. The SMILES string of the molecule is C#CCCN1CCC[C@H]2CCCC[C@H]21. The molecule has 0 aromatic rings. The molecule has 0 aromatic heterocycles. The summed E-state index contributed by atoms with van der Waals surface area (Å²) in [5.41, 5.74) is 0. The molecule has 0 radical (unpaired) electrons. The Kier molecular flexibility index (Phi) is 3.48. The molecule has 0 aromatic carbocycles. The molecule has 0 spiro atoms. The van der Waals surface area contributed by atoms with Crippen molar-refractivity contribution in [2.75, 3.05) is 13.1 Å². The summed E-state index contributed by atoms with van der Waals surface area (Å²) < 4.78 is 0. The van der Waals surface area contributed by atoms with Crippen LogP contribution in [0.2, 0.25) is 0 Å². The first-order valence-corrected chi connectivity index (χ1v) is 6.09. The zero-order valence-corrected chi connectivity index (χ0v) is 9.04. The van der Waals surface area contributed by atoms with Crippen LogP contribution >= 0.6 is 0 Å². The summed E-state index contributed by atoms with van der Waals surface area (Å²) in [6.45, 7) is 2.43. The van der Waals surface area contributed by atoms with Gasteiger partial charge >= 0.3 is 0 Å². The van der Waals surface area contributed by atoms with Gasteiger partial charge < -0.3 is 0 Å². The van der Waals surface area contributed by atoms with Gasteiger partial charge in [0.05, 0.1) is 0 Å². The number of hydrogen-bond acceptors (Lipinski definition) is 1. The zero-order valence-electron chi connectivity index (χ0n) is 9.04. The van der Waals surface area contributed by atoms with Gasteiger partial charge in [-0.1, -0.05) is 12.8 Å². The molecule has 0 bridgehead atoms. The number of nitrogens with zero attached hydrogens (tertiary/aromatic N) is 1. The van der Waals surface area contributed by atoms with Crippen molar-refractivity contribution in [3.05, 3.63) is 0 Å². The zero-order chi connectivity index (χ0) is 9.80. The van der Waals surface area contributed by atoms with Crippen LogP contribution in [-0.4, -0.2) is 24.0 Å². The van der Waals surface area contributed by atoms with E-state index >= 15 is 0 Å². The van der Waals surface area contributed by atoms with Crippen LogP contribution in [0, 0.1) is 18.3 Å². The summed E-state index contributed by atoms with van der Waals surface area (Å²) in [5.74, 6) is 3.76. The number of rotatable bonds is 2. The normalized spacial score (nSPS) is 33.4. The minimum Gasteiger partial charge on any atom is -0.299 e. The highest BCUT2D eigenvalue weighted by molar-refractivity contribution is 4.90. The van der Waals surface area contributed by atoms with Crippen molar-refractivity contribution < 1.29 is 0 Å². The van der Waals surface area contributed by atoms with Gasteiger partial charge in [0.25, 0.3) is 0 Å². The molecule has 1 aliphatic heterocycles. The average Bonchev–Trinajstić information content (AvgIpc) is 2.26. The Morgan fingerprint density at radius 3 is 2.79 bits per heavy atom. The Balaban J connectivity index is 1.91. The lowest BCUT2D eigenvalue weighted by molar-refractivity contribution is 0.0630. The first kappa shape index (κ1) is 10.1. The topological polar surface area (TPSA) is 3.24 Å². The van der Waals surface area contributed by atoms with E-state index in [2.05, 4.69) is 10.8 Å². The van der Waals surface area contributed by atoms with E-state index in [-0.39, 0.29) is 0 Å². The average molecular weight is 191 g/mol. The Hall–Kier alpha value is -0.480.